The Morgan fingerprint density at radius 1 is 1.27 bits per heavy atom. The number of ether oxygens (including phenoxy) is 1. The van der Waals surface area contributed by atoms with E-state index in [1.165, 1.54) is 35.2 Å². The van der Waals surface area contributed by atoms with Gasteiger partial charge in [0.15, 0.2) is 5.78 Å². The van der Waals surface area contributed by atoms with Crippen LogP contribution in [-0.2, 0) is 11.3 Å². The number of aromatic nitrogens is 2. The summed E-state index contributed by atoms with van der Waals surface area (Å²) in [5.74, 6) is -1.28. The second-order valence-electron chi connectivity index (χ2n) is 5.56. The lowest BCUT2D eigenvalue weighted by molar-refractivity contribution is 0.0531. The van der Waals surface area contributed by atoms with Gasteiger partial charge in [-0.1, -0.05) is 0 Å². The molecule has 0 unspecified atom stereocenters. The van der Waals surface area contributed by atoms with E-state index >= 15 is 0 Å². The van der Waals surface area contributed by atoms with E-state index in [2.05, 4.69) is 4.98 Å². The van der Waals surface area contributed by atoms with Crippen LogP contribution >= 0.6 is 11.3 Å². The van der Waals surface area contributed by atoms with Gasteiger partial charge in [-0.3, -0.25) is 14.2 Å². The van der Waals surface area contributed by atoms with Crippen LogP contribution in [0.25, 0.3) is 10.2 Å². The summed E-state index contributed by atoms with van der Waals surface area (Å²) >= 11 is 1.09. The molecule has 0 saturated heterocycles. The molecule has 3 rings (SSSR count). The summed E-state index contributed by atoms with van der Waals surface area (Å²) in [5, 5.41) is 0.299. The van der Waals surface area contributed by atoms with Gasteiger partial charge in [-0.15, -0.1) is 11.3 Å². The number of carbonyl (C=O) groups excluding carboxylic acids is 2. The monoisotopic (exact) mass is 374 g/mol. The average molecular weight is 374 g/mol. The van der Waals surface area contributed by atoms with Gasteiger partial charge in [-0.05, 0) is 43.7 Å². The van der Waals surface area contributed by atoms with E-state index < -0.39 is 17.3 Å². The largest absolute Gasteiger partial charge is 0.462 e. The van der Waals surface area contributed by atoms with Crippen molar-refractivity contribution in [1.82, 2.24) is 9.55 Å². The highest BCUT2D eigenvalue weighted by molar-refractivity contribution is 7.20. The number of esters is 1. The molecule has 6 nitrogen and oxygen atoms in total. The fraction of sp³-hybridized carbons (Fsp3) is 0.222. The van der Waals surface area contributed by atoms with Gasteiger partial charge in [0, 0.05) is 5.56 Å². The molecular formula is C18H15FN2O4S. The third-order valence-electron chi connectivity index (χ3n) is 3.86. The number of thiophene rings is 1. The number of aryl methyl sites for hydroxylation is 1. The van der Waals surface area contributed by atoms with Gasteiger partial charge in [0.05, 0.1) is 24.9 Å². The molecule has 0 saturated carbocycles. The van der Waals surface area contributed by atoms with Gasteiger partial charge >= 0.3 is 5.97 Å². The van der Waals surface area contributed by atoms with Crippen LogP contribution in [0.15, 0.2) is 35.4 Å². The summed E-state index contributed by atoms with van der Waals surface area (Å²) < 4.78 is 19.1. The van der Waals surface area contributed by atoms with Crippen molar-refractivity contribution in [3.8, 4) is 0 Å². The first kappa shape index (κ1) is 17.9. The number of Topliss-reactive ketones (excluding diaryl/α,β-unsaturated/α-hetero) is 1. The quantitative estimate of drug-likeness (QED) is 0.507. The first-order valence-corrected chi connectivity index (χ1v) is 8.68. The number of ketones is 1. The third-order valence-corrected chi connectivity index (χ3v) is 5.04. The molecule has 8 heteroatoms. The van der Waals surface area contributed by atoms with Crippen LogP contribution in [0, 0.1) is 12.7 Å². The summed E-state index contributed by atoms with van der Waals surface area (Å²) in [6, 6.07) is 5.10. The van der Waals surface area contributed by atoms with Crippen molar-refractivity contribution in [2.24, 2.45) is 0 Å². The van der Waals surface area contributed by atoms with Gasteiger partial charge in [0.25, 0.3) is 5.56 Å². The van der Waals surface area contributed by atoms with Crippen molar-refractivity contribution in [1.29, 1.82) is 0 Å². The van der Waals surface area contributed by atoms with Gasteiger partial charge in [0.2, 0.25) is 0 Å². The molecule has 2 aromatic heterocycles. The molecule has 0 N–H and O–H groups in total. The molecule has 3 aromatic rings. The minimum Gasteiger partial charge on any atom is -0.462 e. The van der Waals surface area contributed by atoms with Crippen LogP contribution in [0.4, 0.5) is 4.39 Å². The predicted octanol–water partition coefficient (Wildman–Crippen LogP) is 2.97. The van der Waals surface area contributed by atoms with Gasteiger partial charge in [0.1, 0.15) is 15.5 Å². The zero-order chi connectivity index (χ0) is 18.8. The number of halogens is 1. The molecule has 0 aliphatic rings. The van der Waals surface area contributed by atoms with Crippen LogP contribution < -0.4 is 5.56 Å². The third kappa shape index (κ3) is 3.28. The highest BCUT2D eigenvalue weighted by Gasteiger charge is 2.21. The molecule has 26 heavy (non-hydrogen) atoms. The van der Waals surface area contributed by atoms with E-state index in [4.69, 9.17) is 4.74 Å². The minimum atomic E-state index is -0.499. The van der Waals surface area contributed by atoms with Crippen molar-refractivity contribution < 1.29 is 18.7 Å². The van der Waals surface area contributed by atoms with Crippen molar-refractivity contribution in [2.45, 2.75) is 20.4 Å². The molecule has 0 radical (unpaired) electrons. The summed E-state index contributed by atoms with van der Waals surface area (Å²) in [4.78, 5) is 42.0. The fourth-order valence-corrected chi connectivity index (χ4v) is 3.58. The number of nitrogens with zero attached hydrogens (tertiary/aromatic N) is 2. The molecule has 0 atom stereocenters. The molecule has 0 aliphatic carbocycles. The Balaban J connectivity index is 1.97. The molecule has 0 aliphatic heterocycles. The highest BCUT2D eigenvalue weighted by Crippen LogP contribution is 2.27. The van der Waals surface area contributed by atoms with Crippen molar-refractivity contribution in [2.75, 3.05) is 6.61 Å². The lowest BCUT2D eigenvalue weighted by Crippen LogP contribution is -2.24. The molecule has 0 fully saturated rings. The Morgan fingerprint density at radius 2 is 1.96 bits per heavy atom. The summed E-state index contributed by atoms with van der Waals surface area (Å²) in [6.45, 7) is 3.36. The van der Waals surface area contributed by atoms with E-state index in [9.17, 15) is 18.8 Å². The summed E-state index contributed by atoms with van der Waals surface area (Å²) in [5.41, 5.74) is 0.381. The molecule has 1 aromatic carbocycles. The number of benzene rings is 1. The zero-order valence-corrected chi connectivity index (χ0v) is 14.9. The minimum absolute atomic E-state index is 0.225. The number of hydrogen-bond acceptors (Lipinski definition) is 6. The number of hydrogen-bond donors (Lipinski definition) is 0. The Hall–Kier alpha value is -2.87. The van der Waals surface area contributed by atoms with E-state index in [0.29, 0.717) is 26.2 Å². The van der Waals surface area contributed by atoms with Crippen LogP contribution in [0.1, 0.15) is 32.5 Å². The molecular weight excluding hydrogens is 359 g/mol. The van der Waals surface area contributed by atoms with Crippen LogP contribution in [0.5, 0.6) is 0 Å². The zero-order valence-electron chi connectivity index (χ0n) is 14.1. The predicted molar refractivity (Wildman–Crippen MR) is 95.3 cm³/mol. The van der Waals surface area contributed by atoms with Crippen LogP contribution in [-0.4, -0.2) is 27.9 Å². The average Bonchev–Trinajstić information content (AvgIpc) is 2.95. The maximum absolute atomic E-state index is 13.0. The van der Waals surface area contributed by atoms with Crippen LogP contribution in [0.3, 0.4) is 0 Å². The second-order valence-corrected chi connectivity index (χ2v) is 6.56. The van der Waals surface area contributed by atoms with Crippen molar-refractivity contribution >= 4 is 33.3 Å². The van der Waals surface area contributed by atoms with Crippen LogP contribution in [0.2, 0.25) is 0 Å². The van der Waals surface area contributed by atoms with Crippen molar-refractivity contribution in [3.63, 3.8) is 0 Å². The summed E-state index contributed by atoms with van der Waals surface area (Å²) in [7, 11) is 0. The Bertz CT molecular complexity index is 1050. The van der Waals surface area contributed by atoms with Gasteiger partial charge < -0.3 is 4.74 Å². The maximum atomic E-state index is 13.0. The Kier molecular flexibility index (Phi) is 4.94. The first-order chi connectivity index (χ1) is 12.4. The molecule has 2 heterocycles. The van der Waals surface area contributed by atoms with E-state index in [1.54, 1.807) is 13.8 Å². The SMILES string of the molecule is CCOC(=O)c1sc2ncn(CC(=O)c3ccc(F)cc3)c(=O)c2c1C. The van der Waals surface area contributed by atoms with E-state index in [1.807, 2.05) is 0 Å². The topological polar surface area (TPSA) is 78.3 Å². The summed E-state index contributed by atoms with van der Waals surface area (Å²) in [6.07, 6.45) is 1.27. The second kappa shape index (κ2) is 7.17. The maximum Gasteiger partial charge on any atom is 0.348 e. The van der Waals surface area contributed by atoms with Crippen molar-refractivity contribution in [3.05, 3.63) is 62.8 Å². The lowest BCUT2D eigenvalue weighted by Gasteiger charge is -2.05. The smallest absolute Gasteiger partial charge is 0.348 e. The van der Waals surface area contributed by atoms with E-state index in [0.717, 1.165) is 11.3 Å². The lowest BCUT2D eigenvalue weighted by atomic mass is 10.1. The normalized spacial score (nSPS) is 10.9. The number of fused-ring (bicyclic) bond motifs is 1. The molecule has 0 spiro atoms. The molecule has 0 bridgehead atoms. The fourth-order valence-electron chi connectivity index (χ4n) is 2.54. The van der Waals surface area contributed by atoms with E-state index in [-0.39, 0.29) is 18.9 Å². The standard InChI is InChI=1S/C18H15FN2O4S/c1-3-25-18(24)15-10(2)14-16(26-15)20-9-21(17(14)23)8-13(22)11-4-6-12(19)7-5-11/h4-7,9H,3,8H2,1-2H3. The molecule has 134 valence electrons. The molecule has 0 amide bonds. The van der Waals surface area contributed by atoms with Gasteiger partial charge in [-0.2, -0.15) is 0 Å². The highest BCUT2D eigenvalue weighted by atomic mass is 32.1. The number of rotatable bonds is 5. The Labute approximate surface area is 151 Å². The number of carbonyl (C=O) groups is 2. The van der Waals surface area contributed by atoms with Gasteiger partial charge in [-0.25, -0.2) is 14.2 Å². The Morgan fingerprint density at radius 3 is 2.62 bits per heavy atom. The first-order valence-electron chi connectivity index (χ1n) is 7.86.